The van der Waals surface area contributed by atoms with Crippen molar-refractivity contribution in [1.82, 2.24) is 0 Å². The van der Waals surface area contributed by atoms with Gasteiger partial charge in [-0.1, -0.05) is 87.4 Å². The fourth-order valence-electron chi connectivity index (χ4n) is 4.00. The summed E-state index contributed by atoms with van der Waals surface area (Å²) in [4.78, 5) is 0. The summed E-state index contributed by atoms with van der Waals surface area (Å²) in [5, 5.41) is 37.9. The Morgan fingerprint density at radius 3 is 0.750 bits per heavy atom. The summed E-state index contributed by atoms with van der Waals surface area (Å²) in [5.74, 6) is 0.270. The van der Waals surface area contributed by atoms with Crippen LogP contribution in [0.4, 0.5) is 0 Å². The zero-order valence-corrected chi connectivity index (χ0v) is 31.5. The molecular weight excluding hydrogens is 721 g/mol. The zero-order valence-electron chi connectivity index (χ0n) is 26.5. The van der Waals surface area contributed by atoms with Crippen LogP contribution in [-0.2, 0) is 34.6 Å². The number of aliphatic hydroxyl groups is 4. The zero-order chi connectivity index (χ0) is 30.6. The summed E-state index contributed by atoms with van der Waals surface area (Å²) < 4.78 is 0. The Hall–Kier alpha value is 0.107. The molecule has 0 aliphatic carbocycles. The Balaban J connectivity index is -0.000000142. The monoisotopic (exact) mass is 778 g/mol. The number of benzene rings is 2. The van der Waals surface area contributed by atoms with Crippen LogP contribution in [0, 0.1) is 40.5 Å². The maximum absolute atomic E-state index is 9.47. The van der Waals surface area contributed by atoms with Gasteiger partial charge in [-0.05, 0) is 64.5 Å². The van der Waals surface area contributed by atoms with Gasteiger partial charge in [-0.3, -0.25) is 0 Å². The fraction of sp³-hybridized carbons (Fsp3) is 0.562. The number of hydrogen-bond acceptors (Lipinski definition) is 4. The van der Waals surface area contributed by atoms with Gasteiger partial charge in [0.2, 0.25) is 0 Å². The van der Waals surface area contributed by atoms with E-state index in [-0.39, 0.29) is 14.9 Å². The van der Waals surface area contributed by atoms with Gasteiger partial charge in [-0.2, -0.15) is 0 Å². The SMILES string of the molecule is CC(O)C(C(C)O)C(C(C)O)C(C)O.Cc1ccc(C(C)C)cc1.Cc1ccc(C(C)C)cc1.[CH3-].[CH3-].[Cl][Ru+].[Cl][Ru+]. The molecule has 4 N–H and O–H groups in total. The standard InChI is InChI=1S/C10H22O4.2C10H14.2CH3.2ClH.2Ru/c1-5(11)9(6(2)12)10(7(3)13)8(4)14;2*1-8(2)10-6-4-9(3)5-7-10;;;;;;/h5-14H,1-4H3;2*4-8H,1-3H3;2*1H3;2*1H;;/q;;;2*-1;;;2*+2/p-2. The molecule has 4 unspecified atom stereocenters. The van der Waals surface area contributed by atoms with Crippen LogP contribution in [-0.4, -0.2) is 44.8 Å². The third-order valence-electron chi connectivity index (χ3n) is 6.16. The number of aliphatic hydroxyl groups excluding tert-OH is 4. The molecule has 2 aromatic carbocycles. The van der Waals surface area contributed by atoms with Crippen LogP contribution in [0.15, 0.2) is 48.5 Å². The molecular formula is C32H56Cl2O4Ru2. The van der Waals surface area contributed by atoms with Crippen LogP contribution in [0.5, 0.6) is 0 Å². The Bertz CT molecular complexity index is 699. The molecule has 40 heavy (non-hydrogen) atoms. The third-order valence-corrected chi connectivity index (χ3v) is 6.16. The molecule has 0 fully saturated rings. The summed E-state index contributed by atoms with van der Waals surface area (Å²) >= 11 is 3.64. The molecule has 0 spiro atoms. The first-order valence-corrected chi connectivity index (χ1v) is 17.3. The molecule has 0 aromatic heterocycles. The van der Waals surface area contributed by atoms with Crippen molar-refractivity contribution in [3.05, 3.63) is 85.6 Å². The maximum atomic E-state index is 9.47. The summed E-state index contributed by atoms with van der Waals surface area (Å²) in [6.45, 7) is 19.3. The fourth-order valence-corrected chi connectivity index (χ4v) is 4.00. The number of halogens is 2. The molecule has 238 valence electrons. The second-order valence-corrected chi connectivity index (χ2v) is 10.2. The van der Waals surface area contributed by atoms with Gasteiger partial charge in [0.05, 0.1) is 24.4 Å². The van der Waals surface area contributed by atoms with Gasteiger partial charge in [0.15, 0.2) is 0 Å². The van der Waals surface area contributed by atoms with E-state index in [0.29, 0.717) is 11.8 Å². The molecule has 2 aromatic rings. The van der Waals surface area contributed by atoms with Crippen LogP contribution >= 0.6 is 19.4 Å². The van der Waals surface area contributed by atoms with Crippen molar-refractivity contribution in [1.29, 1.82) is 0 Å². The molecule has 4 atom stereocenters. The van der Waals surface area contributed by atoms with Crippen molar-refractivity contribution < 1.29 is 55.0 Å². The number of rotatable bonds is 7. The Morgan fingerprint density at radius 2 is 0.625 bits per heavy atom. The van der Waals surface area contributed by atoms with Gasteiger partial charge in [0, 0.05) is 11.8 Å². The normalized spacial score (nSPS) is 14.2. The van der Waals surface area contributed by atoms with E-state index in [4.69, 9.17) is 0 Å². The Morgan fingerprint density at radius 1 is 0.450 bits per heavy atom. The van der Waals surface area contributed by atoms with E-state index >= 15 is 0 Å². The van der Waals surface area contributed by atoms with Gasteiger partial charge < -0.3 is 35.3 Å². The van der Waals surface area contributed by atoms with Crippen molar-refractivity contribution >= 4 is 19.4 Å². The van der Waals surface area contributed by atoms with E-state index < -0.39 is 36.3 Å². The molecule has 4 nitrogen and oxygen atoms in total. The quantitative estimate of drug-likeness (QED) is 0.169. The summed E-state index contributed by atoms with van der Waals surface area (Å²) in [6, 6.07) is 17.4. The number of hydrogen-bond donors (Lipinski definition) is 4. The Labute approximate surface area is 275 Å². The molecule has 0 bridgehead atoms. The van der Waals surface area contributed by atoms with Gasteiger partial charge in [-0.25, -0.2) is 0 Å². The molecule has 0 amide bonds. The van der Waals surface area contributed by atoms with Gasteiger partial charge >= 0.3 is 54.0 Å². The van der Waals surface area contributed by atoms with E-state index in [0.717, 1.165) is 0 Å². The van der Waals surface area contributed by atoms with E-state index in [1.165, 1.54) is 22.3 Å². The van der Waals surface area contributed by atoms with E-state index in [9.17, 15) is 20.4 Å². The minimum atomic E-state index is -0.760. The molecule has 0 aliphatic rings. The molecule has 0 heterocycles. The van der Waals surface area contributed by atoms with Crippen LogP contribution in [0.3, 0.4) is 0 Å². The summed E-state index contributed by atoms with van der Waals surface area (Å²) in [5.41, 5.74) is 5.52. The van der Waals surface area contributed by atoms with Crippen molar-refractivity contribution in [2.45, 2.75) is 105 Å². The van der Waals surface area contributed by atoms with Crippen molar-refractivity contribution in [3.63, 3.8) is 0 Å². The summed E-state index contributed by atoms with van der Waals surface area (Å²) in [7, 11) is 9.14. The van der Waals surface area contributed by atoms with Crippen molar-refractivity contribution in [3.8, 4) is 0 Å². The van der Waals surface area contributed by atoms with Gasteiger partial charge in [0.25, 0.3) is 0 Å². The van der Waals surface area contributed by atoms with E-state index in [1.54, 1.807) is 27.7 Å². The average molecular weight is 778 g/mol. The van der Waals surface area contributed by atoms with Crippen molar-refractivity contribution in [2.24, 2.45) is 11.8 Å². The predicted molar refractivity (Wildman–Crippen MR) is 169 cm³/mol. The number of aryl methyl sites for hydroxylation is 2. The Kier molecular flexibility index (Phi) is 36.3. The molecule has 0 radical (unpaired) electrons. The first kappa shape index (κ1) is 49.8. The predicted octanol–water partition coefficient (Wildman–Crippen LogP) is 8.25. The summed E-state index contributed by atoms with van der Waals surface area (Å²) in [6.07, 6.45) is -3.04. The molecule has 8 heteroatoms. The second-order valence-electron chi connectivity index (χ2n) is 10.2. The van der Waals surface area contributed by atoms with Crippen LogP contribution < -0.4 is 0 Å². The van der Waals surface area contributed by atoms with E-state index in [1.807, 2.05) is 34.6 Å². The van der Waals surface area contributed by atoms with Crippen LogP contribution in [0.2, 0.25) is 0 Å². The first-order valence-electron chi connectivity index (χ1n) is 12.8. The molecule has 0 saturated carbocycles. The van der Waals surface area contributed by atoms with Crippen LogP contribution in [0.1, 0.15) is 89.5 Å². The minimum absolute atomic E-state index is 0. The average Bonchev–Trinajstić information content (AvgIpc) is 2.85. The third kappa shape index (κ3) is 22.7. The van der Waals surface area contributed by atoms with Gasteiger partial charge in [0.1, 0.15) is 0 Å². The second kappa shape index (κ2) is 29.2. The topological polar surface area (TPSA) is 80.9 Å². The van der Waals surface area contributed by atoms with Gasteiger partial charge in [-0.15, -0.1) is 0 Å². The van der Waals surface area contributed by atoms with Crippen LogP contribution in [0.25, 0.3) is 0 Å². The van der Waals surface area contributed by atoms with E-state index in [2.05, 4.69) is 109 Å². The first-order chi connectivity index (χ1) is 17.7. The van der Waals surface area contributed by atoms with Crippen molar-refractivity contribution in [2.75, 3.05) is 0 Å². The molecule has 2 rings (SSSR count). The molecule has 0 saturated heterocycles. The molecule has 0 aliphatic heterocycles.